The van der Waals surface area contributed by atoms with Crippen molar-refractivity contribution in [1.29, 1.82) is 0 Å². The average Bonchev–Trinajstić information content (AvgIpc) is 2.78. The number of fused-ring (bicyclic) bond motifs is 1. The molecule has 0 radical (unpaired) electrons. The Morgan fingerprint density at radius 1 is 1.50 bits per heavy atom. The molecule has 1 aliphatic heterocycles. The topological polar surface area (TPSA) is 75.9 Å². The van der Waals surface area contributed by atoms with E-state index in [0.717, 1.165) is 5.56 Å². The molecule has 7 nitrogen and oxygen atoms in total. The van der Waals surface area contributed by atoms with Crippen molar-refractivity contribution in [1.82, 2.24) is 4.90 Å². The lowest BCUT2D eigenvalue weighted by molar-refractivity contribution is -0.385. The van der Waals surface area contributed by atoms with Crippen molar-refractivity contribution in [3.63, 3.8) is 0 Å². The van der Waals surface area contributed by atoms with Crippen LogP contribution in [0, 0.1) is 10.1 Å². The molecule has 108 valence electrons. The minimum atomic E-state index is -0.469. The molecule has 0 saturated carbocycles. The molecule has 0 atom stereocenters. The van der Waals surface area contributed by atoms with Crippen LogP contribution in [-0.2, 0) is 11.2 Å². The largest absolute Gasteiger partial charge is 0.490 e. The number of nitrogens with zero attached hydrogens (tertiary/aromatic N) is 3. The van der Waals surface area contributed by atoms with Crippen LogP contribution in [0.2, 0.25) is 0 Å². The molecule has 0 saturated heterocycles. The van der Waals surface area contributed by atoms with E-state index in [4.69, 9.17) is 4.74 Å². The molecule has 1 aromatic rings. The first-order chi connectivity index (χ1) is 9.43. The first-order valence-electron chi connectivity index (χ1n) is 6.24. The third-order valence-electron chi connectivity index (χ3n) is 3.22. The number of hydrogen-bond acceptors (Lipinski definition) is 5. The Hall–Kier alpha value is -2.15. The van der Waals surface area contributed by atoms with Crippen molar-refractivity contribution in [2.45, 2.75) is 6.42 Å². The van der Waals surface area contributed by atoms with Crippen LogP contribution in [0.4, 0.5) is 11.4 Å². The van der Waals surface area contributed by atoms with Gasteiger partial charge in [-0.2, -0.15) is 0 Å². The van der Waals surface area contributed by atoms with Gasteiger partial charge in [-0.05, 0) is 26.1 Å². The molecule has 7 heteroatoms. The molecular weight excluding hydrogens is 262 g/mol. The second kappa shape index (κ2) is 5.46. The van der Waals surface area contributed by atoms with Crippen LogP contribution in [0.3, 0.4) is 0 Å². The lowest BCUT2D eigenvalue weighted by Gasteiger charge is -2.20. The van der Waals surface area contributed by atoms with E-state index in [2.05, 4.69) is 0 Å². The van der Waals surface area contributed by atoms with Crippen molar-refractivity contribution in [3.8, 4) is 5.75 Å². The fourth-order valence-electron chi connectivity index (χ4n) is 2.33. The molecule has 0 N–H and O–H groups in total. The number of hydrogen-bond donors (Lipinski definition) is 0. The van der Waals surface area contributed by atoms with E-state index in [-0.39, 0.29) is 17.3 Å². The number of amides is 1. The second-order valence-corrected chi connectivity index (χ2v) is 4.94. The van der Waals surface area contributed by atoms with Crippen LogP contribution in [0.15, 0.2) is 12.1 Å². The first kappa shape index (κ1) is 14.3. The highest BCUT2D eigenvalue weighted by atomic mass is 16.6. The maximum atomic E-state index is 12.1. The molecule has 1 amide bonds. The standard InChI is InChI=1S/C13H17N3O4/c1-14(2)8-13(17)15-5-4-9-6-11(16(18)19)12(20-3)7-10(9)15/h6-7H,4-5,8H2,1-3H3. The van der Waals surface area contributed by atoms with Gasteiger partial charge in [-0.25, -0.2) is 0 Å². The van der Waals surface area contributed by atoms with Gasteiger partial charge in [0.25, 0.3) is 0 Å². The lowest BCUT2D eigenvalue weighted by atomic mass is 10.1. The number of rotatable bonds is 4. The molecular formula is C13H17N3O4. The number of likely N-dealkylation sites (N-methyl/N-ethyl adjacent to an activating group) is 1. The summed E-state index contributed by atoms with van der Waals surface area (Å²) in [6, 6.07) is 3.07. The van der Waals surface area contributed by atoms with E-state index >= 15 is 0 Å². The zero-order valence-corrected chi connectivity index (χ0v) is 11.8. The molecule has 1 aliphatic rings. The van der Waals surface area contributed by atoms with E-state index in [0.29, 0.717) is 25.2 Å². The Morgan fingerprint density at radius 3 is 2.75 bits per heavy atom. The third-order valence-corrected chi connectivity index (χ3v) is 3.22. The third kappa shape index (κ3) is 2.57. The van der Waals surface area contributed by atoms with Crippen LogP contribution in [0.1, 0.15) is 5.56 Å². The zero-order valence-electron chi connectivity index (χ0n) is 11.8. The maximum Gasteiger partial charge on any atom is 0.311 e. The summed E-state index contributed by atoms with van der Waals surface area (Å²) in [4.78, 5) is 26.1. The van der Waals surface area contributed by atoms with Crippen LogP contribution in [0.5, 0.6) is 5.75 Å². The summed E-state index contributed by atoms with van der Waals surface area (Å²) < 4.78 is 5.05. The fourth-order valence-corrected chi connectivity index (χ4v) is 2.33. The van der Waals surface area contributed by atoms with E-state index in [9.17, 15) is 14.9 Å². The normalized spacial score (nSPS) is 13.5. The summed E-state index contributed by atoms with van der Waals surface area (Å²) in [6.45, 7) is 0.852. The van der Waals surface area contributed by atoms with Gasteiger partial charge in [0.1, 0.15) is 0 Å². The molecule has 1 aromatic carbocycles. The molecule has 20 heavy (non-hydrogen) atoms. The number of carbonyl (C=O) groups is 1. The van der Waals surface area contributed by atoms with Crippen molar-refractivity contribution in [2.24, 2.45) is 0 Å². The number of benzene rings is 1. The summed E-state index contributed by atoms with van der Waals surface area (Å²) in [5.41, 5.74) is 1.46. The quantitative estimate of drug-likeness (QED) is 0.608. The van der Waals surface area contributed by atoms with Crippen molar-refractivity contribution >= 4 is 17.3 Å². The number of nitro groups is 1. The molecule has 0 aliphatic carbocycles. The highest BCUT2D eigenvalue weighted by Crippen LogP contribution is 2.38. The first-order valence-corrected chi connectivity index (χ1v) is 6.24. The van der Waals surface area contributed by atoms with E-state index in [1.54, 1.807) is 15.9 Å². The number of methoxy groups -OCH3 is 1. The van der Waals surface area contributed by atoms with Crippen molar-refractivity contribution < 1.29 is 14.5 Å². The van der Waals surface area contributed by atoms with Crippen LogP contribution in [-0.4, -0.2) is 50.0 Å². The fraction of sp³-hybridized carbons (Fsp3) is 0.462. The van der Waals surface area contributed by atoms with Gasteiger partial charge in [0.05, 0.1) is 24.3 Å². The Bertz CT molecular complexity index is 557. The minimum Gasteiger partial charge on any atom is -0.490 e. The van der Waals surface area contributed by atoms with Gasteiger partial charge in [0.2, 0.25) is 5.91 Å². The minimum absolute atomic E-state index is 0.0235. The number of carbonyl (C=O) groups excluding carboxylic acids is 1. The van der Waals surface area contributed by atoms with E-state index in [1.165, 1.54) is 13.2 Å². The van der Waals surface area contributed by atoms with Gasteiger partial charge in [-0.3, -0.25) is 14.9 Å². The predicted octanol–water partition coefficient (Wildman–Crippen LogP) is 1.05. The molecule has 0 aromatic heterocycles. The summed E-state index contributed by atoms with van der Waals surface area (Å²) in [5.74, 6) is 0.156. The summed E-state index contributed by atoms with van der Waals surface area (Å²) in [5, 5.41) is 11.0. The molecule has 0 spiro atoms. The van der Waals surface area contributed by atoms with Gasteiger partial charge in [-0.1, -0.05) is 0 Å². The molecule has 0 bridgehead atoms. The summed E-state index contributed by atoms with van der Waals surface area (Å²) >= 11 is 0. The Labute approximate surface area is 116 Å². The number of anilines is 1. The van der Waals surface area contributed by atoms with Crippen LogP contribution >= 0.6 is 0 Å². The predicted molar refractivity (Wildman–Crippen MR) is 74.3 cm³/mol. The number of ether oxygens (including phenoxy) is 1. The molecule has 0 fully saturated rings. The second-order valence-electron chi connectivity index (χ2n) is 4.94. The highest BCUT2D eigenvalue weighted by molar-refractivity contribution is 5.97. The van der Waals surface area contributed by atoms with E-state index < -0.39 is 4.92 Å². The van der Waals surface area contributed by atoms with Gasteiger partial charge in [0, 0.05) is 18.7 Å². The molecule has 2 rings (SSSR count). The molecule has 1 heterocycles. The maximum absolute atomic E-state index is 12.1. The highest BCUT2D eigenvalue weighted by Gasteiger charge is 2.29. The van der Waals surface area contributed by atoms with Gasteiger partial charge in [-0.15, -0.1) is 0 Å². The smallest absolute Gasteiger partial charge is 0.311 e. The van der Waals surface area contributed by atoms with Gasteiger partial charge >= 0.3 is 5.69 Å². The number of nitro benzene ring substituents is 1. The van der Waals surface area contributed by atoms with Crippen LogP contribution < -0.4 is 9.64 Å². The van der Waals surface area contributed by atoms with Crippen LogP contribution in [0.25, 0.3) is 0 Å². The average molecular weight is 279 g/mol. The summed E-state index contributed by atoms with van der Waals surface area (Å²) in [7, 11) is 5.03. The van der Waals surface area contributed by atoms with Gasteiger partial charge in [0.15, 0.2) is 5.75 Å². The Morgan fingerprint density at radius 2 is 2.20 bits per heavy atom. The Kier molecular flexibility index (Phi) is 3.89. The van der Waals surface area contributed by atoms with Crippen molar-refractivity contribution in [2.75, 3.05) is 39.2 Å². The summed E-state index contributed by atoms with van der Waals surface area (Å²) in [6.07, 6.45) is 0.624. The Balaban J connectivity index is 2.37. The molecule has 0 unspecified atom stereocenters. The van der Waals surface area contributed by atoms with Crippen molar-refractivity contribution in [3.05, 3.63) is 27.8 Å². The SMILES string of the molecule is COc1cc2c(cc1[N+](=O)[O-])CCN2C(=O)CN(C)C. The lowest BCUT2D eigenvalue weighted by Crippen LogP contribution is -2.36. The van der Waals surface area contributed by atoms with E-state index in [1.807, 2.05) is 14.1 Å². The van der Waals surface area contributed by atoms with Gasteiger partial charge < -0.3 is 14.5 Å². The monoisotopic (exact) mass is 279 g/mol. The zero-order chi connectivity index (χ0) is 14.9.